The number of hydrogen-bond donors (Lipinski definition) is 0. The molecular formula is C13H14BrClFNO. The minimum absolute atomic E-state index is 0.0544. The second-order valence-corrected chi connectivity index (χ2v) is 6.13. The second kappa shape index (κ2) is 5.57. The largest absolute Gasteiger partial charge is 0.337 e. The molecule has 2 unspecified atom stereocenters. The number of nitrogens with zero attached hydrogens (tertiary/aromatic N) is 1. The molecule has 98 valence electrons. The van der Waals surface area contributed by atoms with Crippen molar-refractivity contribution in [2.45, 2.75) is 18.7 Å². The minimum atomic E-state index is -0.501. The summed E-state index contributed by atoms with van der Waals surface area (Å²) >= 11 is 9.34. The van der Waals surface area contributed by atoms with Crippen LogP contribution >= 0.6 is 27.5 Å². The van der Waals surface area contributed by atoms with E-state index < -0.39 is 5.82 Å². The highest BCUT2D eigenvalue weighted by atomic mass is 79.9. The first-order chi connectivity index (χ1) is 8.49. The van der Waals surface area contributed by atoms with Crippen LogP contribution in [-0.4, -0.2) is 29.3 Å². The van der Waals surface area contributed by atoms with E-state index in [0.717, 1.165) is 6.42 Å². The van der Waals surface area contributed by atoms with E-state index in [-0.39, 0.29) is 16.8 Å². The Morgan fingerprint density at radius 2 is 2.28 bits per heavy atom. The van der Waals surface area contributed by atoms with E-state index in [1.165, 1.54) is 12.1 Å². The molecule has 0 saturated carbocycles. The normalized spacial score (nSPS) is 24.1. The van der Waals surface area contributed by atoms with Gasteiger partial charge in [-0.25, -0.2) is 4.39 Å². The molecule has 5 heteroatoms. The number of halogens is 3. The number of benzene rings is 1. The van der Waals surface area contributed by atoms with Crippen molar-refractivity contribution in [3.8, 4) is 0 Å². The summed E-state index contributed by atoms with van der Waals surface area (Å²) in [5.74, 6) is -0.387. The molecule has 1 fully saturated rings. The average Bonchev–Trinajstić information content (AvgIpc) is 2.32. The lowest BCUT2D eigenvalue weighted by atomic mass is 9.98. The number of hydrogen-bond acceptors (Lipinski definition) is 1. The first-order valence-corrected chi connectivity index (χ1v) is 7.10. The van der Waals surface area contributed by atoms with Gasteiger partial charge in [-0.3, -0.25) is 4.79 Å². The summed E-state index contributed by atoms with van der Waals surface area (Å²) in [7, 11) is 0. The summed E-state index contributed by atoms with van der Waals surface area (Å²) in [6.45, 7) is 3.19. The Morgan fingerprint density at radius 3 is 2.89 bits per heavy atom. The van der Waals surface area contributed by atoms with Crippen LogP contribution in [-0.2, 0) is 0 Å². The molecule has 1 aromatic carbocycles. The highest BCUT2D eigenvalue weighted by Crippen LogP contribution is 2.24. The van der Waals surface area contributed by atoms with E-state index >= 15 is 0 Å². The molecule has 2 rings (SSSR count). The number of carbonyl (C=O) groups is 1. The summed E-state index contributed by atoms with van der Waals surface area (Å²) in [4.78, 5) is 13.8. The fourth-order valence-electron chi connectivity index (χ4n) is 2.04. The van der Waals surface area contributed by atoms with Crippen molar-refractivity contribution < 1.29 is 9.18 Å². The molecule has 1 heterocycles. The number of carbonyl (C=O) groups excluding carboxylic acids is 1. The van der Waals surface area contributed by atoms with Crippen LogP contribution in [0.15, 0.2) is 22.7 Å². The van der Waals surface area contributed by atoms with Crippen molar-refractivity contribution in [2.24, 2.45) is 5.92 Å². The van der Waals surface area contributed by atoms with Crippen LogP contribution in [0.5, 0.6) is 0 Å². The van der Waals surface area contributed by atoms with Gasteiger partial charge in [-0.05, 0) is 30.5 Å². The van der Waals surface area contributed by atoms with Crippen LogP contribution in [0.4, 0.5) is 4.39 Å². The van der Waals surface area contributed by atoms with Gasteiger partial charge in [0.1, 0.15) is 5.82 Å². The highest BCUT2D eigenvalue weighted by molar-refractivity contribution is 9.10. The summed E-state index contributed by atoms with van der Waals surface area (Å²) in [5, 5.41) is -0.0544. The van der Waals surface area contributed by atoms with Gasteiger partial charge in [0.05, 0.1) is 10.9 Å². The lowest BCUT2D eigenvalue weighted by Crippen LogP contribution is -2.44. The zero-order valence-corrected chi connectivity index (χ0v) is 12.3. The first kappa shape index (κ1) is 13.8. The molecule has 0 bridgehead atoms. The van der Waals surface area contributed by atoms with E-state index in [1.54, 1.807) is 11.0 Å². The van der Waals surface area contributed by atoms with Gasteiger partial charge in [-0.1, -0.05) is 22.9 Å². The maximum Gasteiger partial charge on any atom is 0.256 e. The molecule has 0 radical (unpaired) electrons. The molecule has 1 saturated heterocycles. The third-order valence-corrected chi connectivity index (χ3v) is 4.38. The summed E-state index contributed by atoms with van der Waals surface area (Å²) < 4.78 is 14.3. The Balaban J connectivity index is 2.16. The predicted octanol–water partition coefficient (Wildman–Crippen LogP) is 3.68. The maximum absolute atomic E-state index is 13.7. The Bertz CT molecular complexity index is 468. The van der Waals surface area contributed by atoms with Crippen molar-refractivity contribution in [1.82, 2.24) is 4.90 Å². The highest BCUT2D eigenvalue weighted by Gasteiger charge is 2.28. The Hall–Kier alpha value is -0.610. The molecule has 1 aliphatic rings. The van der Waals surface area contributed by atoms with E-state index in [9.17, 15) is 9.18 Å². The SMILES string of the molecule is CC1CCN(C(=O)c2ccc(Br)cc2F)CC1Cl. The lowest BCUT2D eigenvalue weighted by Gasteiger charge is -2.34. The molecule has 1 amide bonds. The van der Waals surface area contributed by atoms with Crippen molar-refractivity contribution in [1.29, 1.82) is 0 Å². The molecule has 1 aliphatic heterocycles. The van der Waals surface area contributed by atoms with E-state index in [4.69, 9.17) is 11.6 Å². The van der Waals surface area contributed by atoms with Gasteiger partial charge in [0.25, 0.3) is 5.91 Å². The van der Waals surface area contributed by atoms with Gasteiger partial charge in [0, 0.05) is 17.6 Å². The van der Waals surface area contributed by atoms with Crippen LogP contribution in [0, 0.1) is 11.7 Å². The standard InChI is InChI=1S/C13H14BrClFNO/c1-8-4-5-17(7-11(8)15)13(18)10-3-2-9(14)6-12(10)16/h2-3,6,8,11H,4-5,7H2,1H3. The van der Waals surface area contributed by atoms with E-state index in [0.29, 0.717) is 23.5 Å². The lowest BCUT2D eigenvalue weighted by molar-refractivity contribution is 0.0696. The number of rotatable bonds is 1. The molecule has 2 atom stereocenters. The molecule has 2 nitrogen and oxygen atoms in total. The van der Waals surface area contributed by atoms with Crippen molar-refractivity contribution in [3.63, 3.8) is 0 Å². The number of piperidine rings is 1. The van der Waals surface area contributed by atoms with Gasteiger partial charge < -0.3 is 4.90 Å². The smallest absolute Gasteiger partial charge is 0.256 e. The van der Waals surface area contributed by atoms with Gasteiger partial charge >= 0.3 is 0 Å². The zero-order chi connectivity index (χ0) is 13.3. The Morgan fingerprint density at radius 1 is 1.56 bits per heavy atom. The summed E-state index contributed by atoms with van der Waals surface area (Å²) in [6.07, 6.45) is 0.859. The summed E-state index contributed by atoms with van der Waals surface area (Å²) in [5.41, 5.74) is 0.108. The first-order valence-electron chi connectivity index (χ1n) is 5.87. The van der Waals surface area contributed by atoms with Gasteiger partial charge in [0.15, 0.2) is 0 Å². The molecule has 0 N–H and O–H groups in total. The van der Waals surface area contributed by atoms with Crippen LogP contribution in [0.2, 0.25) is 0 Å². The molecule has 0 aromatic heterocycles. The van der Waals surface area contributed by atoms with Gasteiger partial charge in [-0.2, -0.15) is 0 Å². The van der Waals surface area contributed by atoms with E-state index in [2.05, 4.69) is 22.9 Å². The monoisotopic (exact) mass is 333 g/mol. The maximum atomic E-state index is 13.7. The molecule has 0 aliphatic carbocycles. The second-order valence-electron chi connectivity index (χ2n) is 4.66. The topological polar surface area (TPSA) is 20.3 Å². The van der Waals surface area contributed by atoms with Gasteiger partial charge in [0.2, 0.25) is 0 Å². The van der Waals surface area contributed by atoms with Crippen molar-refractivity contribution >= 4 is 33.4 Å². The molecule has 1 aromatic rings. The zero-order valence-electron chi connectivity index (χ0n) is 10.00. The van der Waals surface area contributed by atoms with Gasteiger partial charge in [-0.15, -0.1) is 11.6 Å². The van der Waals surface area contributed by atoms with Crippen LogP contribution < -0.4 is 0 Å². The van der Waals surface area contributed by atoms with Crippen molar-refractivity contribution in [2.75, 3.05) is 13.1 Å². The Labute approximate surface area is 119 Å². The molecular weight excluding hydrogens is 321 g/mol. The van der Waals surface area contributed by atoms with Crippen LogP contribution in [0.1, 0.15) is 23.7 Å². The number of alkyl halides is 1. The quantitative estimate of drug-likeness (QED) is 0.718. The fourth-order valence-corrected chi connectivity index (χ4v) is 2.67. The minimum Gasteiger partial charge on any atom is -0.337 e. The summed E-state index contributed by atoms with van der Waals surface area (Å²) in [6, 6.07) is 4.47. The van der Waals surface area contributed by atoms with Crippen LogP contribution in [0.3, 0.4) is 0 Å². The molecule has 0 spiro atoms. The third kappa shape index (κ3) is 2.86. The number of amides is 1. The molecule has 18 heavy (non-hydrogen) atoms. The number of likely N-dealkylation sites (tertiary alicyclic amines) is 1. The van der Waals surface area contributed by atoms with Crippen LogP contribution in [0.25, 0.3) is 0 Å². The fraction of sp³-hybridized carbons (Fsp3) is 0.462. The van der Waals surface area contributed by atoms with E-state index in [1.807, 2.05) is 0 Å². The predicted molar refractivity (Wildman–Crippen MR) is 73.4 cm³/mol. The third-order valence-electron chi connectivity index (χ3n) is 3.32. The Kier molecular flexibility index (Phi) is 4.28. The average molecular weight is 335 g/mol. The van der Waals surface area contributed by atoms with Crippen molar-refractivity contribution in [3.05, 3.63) is 34.1 Å².